The van der Waals surface area contributed by atoms with E-state index in [9.17, 15) is 15.0 Å². The van der Waals surface area contributed by atoms with Gasteiger partial charge in [0, 0.05) is 30.9 Å². The average molecular weight is 346 g/mol. The van der Waals surface area contributed by atoms with Crippen molar-refractivity contribution >= 4 is 34.6 Å². The van der Waals surface area contributed by atoms with Gasteiger partial charge < -0.3 is 22.1 Å². The smallest absolute Gasteiger partial charge is 0.269 e. The van der Waals surface area contributed by atoms with Gasteiger partial charge in [0.2, 0.25) is 5.95 Å². The van der Waals surface area contributed by atoms with Crippen molar-refractivity contribution < 1.29 is 4.92 Å². The molecule has 1 aromatic heterocycles. The van der Waals surface area contributed by atoms with Gasteiger partial charge in [0.1, 0.15) is 0 Å². The summed E-state index contributed by atoms with van der Waals surface area (Å²) in [6, 6.07) is 6.23. The van der Waals surface area contributed by atoms with Crippen molar-refractivity contribution in [2.75, 3.05) is 35.2 Å². The van der Waals surface area contributed by atoms with Crippen LogP contribution in [0.15, 0.2) is 29.4 Å². The van der Waals surface area contributed by atoms with Gasteiger partial charge in [-0.2, -0.15) is 9.97 Å². The Labute approximate surface area is 143 Å². The first-order valence-electron chi connectivity index (χ1n) is 7.50. The van der Waals surface area contributed by atoms with Crippen molar-refractivity contribution in [3.05, 3.63) is 39.3 Å². The Morgan fingerprint density at radius 2 is 1.60 bits per heavy atom. The SMILES string of the molecule is Nc1nc(NCCCCNc2ccc([N+](=O)[O-])cc2)nc(N)c1N=O. The summed E-state index contributed by atoms with van der Waals surface area (Å²) < 4.78 is 0. The van der Waals surface area contributed by atoms with Crippen molar-refractivity contribution in [1.82, 2.24) is 9.97 Å². The van der Waals surface area contributed by atoms with Gasteiger partial charge in [-0.3, -0.25) is 10.1 Å². The van der Waals surface area contributed by atoms with Crippen LogP contribution in [0.5, 0.6) is 0 Å². The molecule has 11 heteroatoms. The molecule has 0 bridgehead atoms. The maximum Gasteiger partial charge on any atom is 0.269 e. The molecule has 6 N–H and O–H groups in total. The molecule has 2 rings (SSSR count). The van der Waals surface area contributed by atoms with Crippen molar-refractivity contribution in [3.63, 3.8) is 0 Å². The summed E-state index contributed by atoms with van der Waals surface area (Å²) in [5, 5.41) is 19.4. The molecular formula is C14H18N8O3. The lowest BCUT2D eigenvalue weighted by Crippen LogP contribution is -2.10. The maximum absolute atomic E-state index is 10.6. The van der Waals surface area contributed by atoms with Crippen LogP contribution >= 0.6 is 0 Å². The molecule has 0 atom stereocenters. The zero-order valence-electron chi connectivity index (χ0n) is 13.3. The van der Waals surface area contributed by atoms with E-state index in [1.165, 1.54) is 12.1 Å². The number of benzene rings is 1. The molecule has 0 saturated heterocycles. The molecule has 0 aliphatic rings. The highest BCUT2D eigenvalue weighted by atomic mass is 16.6. The predicted octanol–water partition coefficient (Wildman–Crippen LogP) is 2.25. The molecule has 2 aromatic rings. The fraction of sp³-hybridized carbons (Fsp3) is 0.286. The highest BCUT2D eigenvalue weighted by Crippen LogP contribution is 2.26. The molecule has 0 saturated carbocycles. The number of unbranched alkanes of at least 4 members (excludes halogenated alkanes) is 1. The zero-order valence-corrected chi connectivity index (χ0v) is 13.3. The number of hydrogen-bond acceptors (Lipinski definition) is 10. The third-order valence-corrected chi connectivity index (χ3v) is 3.32. The topological polar surface area (TPSA) is 174 Å². The molecule has 0 radical (unpaired) electrons. The Hall–Kier alpha value is -3.50. The summed E-state index contributed by atoms with van der Waals surface area (Å²) in [5.41, 5.74) is 11.8. The van der Waals surface area contributed by atoms with Gasteiger partial charge in [-0.1, -0.05) is 0 Å². The second-order valence-electron chi connectivity index (χ2n) is 5.12. The number of aromatic nitrogens is 2. The molecule has 0 aliphatic heterocycles. The Bertz CT molecular complexity index is 727. The number of non-ortho nitro benzene ring substituents is 1. The van der Waals surface area contributed by atoms with Gasteiger partial charge in [0.15, 0.2) is 17.3 Å². The molecule has 0 amide bonds. The fourth-order valence-corrected chi connectivity index (χ4v) is 2.05. The first-order chi connectivity index (χ1) is 12.0. The number of hydrogen-bond donors (Lipinski definition) is 4. The largest absolute Gasteiger partial charge is 0.385 e. The monoisotopic (exact) mass is 346 g/mol. The molecule has 132 valence electrons. The lowest BCUT2D eigenvalue weighted by atomic mass is 10.2. The van der Waals surface area contributed by atoms with Gasteiger partial charge in [-0.05, 0) is 30.2 Å². The van der Waals surface area contributed by atoms with Gasteiger partial charge in [-0.15, -0.1) is 4.91 Å². The zero-order chi connectivity index (χ0) is 18.2. The van der Waals surface area contributed by atoms with E-state index >= 15 is 0 Å². The highest BCUT2D eigenvalue weighted by Gasteiger charge is 2.10. The third kappa shape index (κ3) is 4.99. The van der Waals surface area contributed by atoms with E-state index in [1.807, 2.05) is 0 Å². The summed E-state index contributed by atoms with van der Waals surface area (Å²) in [4.78, 5) is 28.5. The van der Waals surface area contributed by atoms with Crippen LogP contribution in [0.2, 0.25) is 0 Å². The highest BCUT2D eigenvalue weighted by molar-refractivity contribution is 5.71. The van der Waals surface area contributed by atoms with Crippen LogP contribution in [0.3, 0.4) is 0 Å². The minimum absolute atomic E-state index is 0.0593. The first kappa shape index (κ1) is 17.8. The van der Waals surface area contributed by atoms with E-state index in [2.05, 4.69) is 25.8 Å². The van der Waals surface area contributed by atoms with Crippen molar-refractivity contribution in [3.8, 4) is 0 Å². The summed E-state index contributed by atoms with van der Waals surface area (Å²) in [6.45, 7) is 1.30. The number of rotatable bonds is 9. The molecule has 0 fully saturated rings. The Morgan fingerprint density at radius 3 is 2.12 bits per heavy atom. The Morgan fingerprint density at radius 1 is 1.04 bits per heavy atom. The Kier molecular flexibility index (Phi) is 5.98. The standard InChI is InChI=1S/C14H18N8O3/c15-12-11(21-23)13(16)20-14(19-12)18-8-2-1-7-17-9-3-5-10(6-4-9)22(24)25/h3-6,17H,1-2,7-8H2,(H5,15,16,18,19,20). The van der Waals surface area contributed by atoms with E-state index in [1.54, 1.807) is 12.1 Å². The number of nitroso groups, excluding NO2 is 1. The van der Waals surface area contributed by atoms with Crippen molar-refractivity contribution in [1.29, 1.82) is 0 Å². The number of nitrogens with one attached hydrogen (secondary N) is 2. The van der Waals surface area contributed by atoms with Gasteiger partial charge >= 0.3 is 0 Å². The van der Waals surface area contributed by atoms with E-state index in [0.717, 1.165) is 18.5 Å². The average Bonchev–Trinajstić information content (AvgIpc) is 2.58. The lowest BCUT2D eigenvalue weighted by molar-refractivity contribution is -0.384. The number of nitrogens with zero attached hydrogens (tertiary/aromatic N) is 4. The van der Waals surface area contributed by atoms with E-state index in [-0.39, 0.29) is 29.0 Å². The van der Waals surface area contributed by atoms with Crippen LogP contribution in [0.25, 0.3) is 0 Å². The van der Waals surface area contributed by atoms with Crippen LogP contribution in [0.4, 0.5) is 34.6 Å². The number of nitro groups is 1. The molecule has 1 aromatic carbocycles. The van der Waals surface area contributed by atoms with Crippen LogP contribution in [0, 0.1) is 15.0 Å². The van der Waals surface area contributed by atoms with E-state index in [0.29, 0.717) is 13.1 Å². The predicted molar refractivity (Wildman–Crippen MR) is 95.6 cm³/mol. The molecule has 0 unspecified atom stereocenters. The normalized spacial score (nSPS) is 10.2. The Balaban J connectivity index is 1.70. The molecular weight excluding hydrogens is 328 g/mol. The van der Waals surface area contributed by atoms with Gasteiger partial charge in [-0.25, -0.2) is 0 Å². The van der Waals surface area contributed by atoms with E-state index in [4.69, 9.17) is 11.5 Å². The number of nitrogens with two attached hydrogens (primary N) is 2. The minimum atomic E-state index is -0.436. The van der Waals surface area contributed by atoms with Gasteiger partial charge in [0.25, 0.3) is 5.69 Å². The van der Waals surface area contributed by atoms with Crippen molar-refractivity contribution in [2.24, 2.45) is 5.18 Å². The third-order valence-electron chi connectivity index (χ3n) is 3.32. The van der Waals surface area contributed by atoms with E-state index < -0.39 is 4.92 Å². The lowest BCUT2D eigenvalue weighted by Gasteiger charge is -2.08. The number of nitrogen functional groups attached to an aromatic ring is 2. The molecule has 11 nitrogen and oxygen atoms in total. The quantitative estimate of drug-likeness (QED) is 0.229. The fourth-order valence-electron chi connectivity index (χ4n) is 2.05. The van der Waals surface area contributed by atoms with Crippen molar-refractivity contribution in [2.45, 2.75) is 12.8 Å². The van der Waals surface area contributed by atoms with Crippen LogP contribution in [-0.4, -0.2) is 28.0 Å². The van der Waals surface area contributed by atoms with Crippen LogP contribution in [0.1, 0.15) is 12.8 Å². The molecule has 25 heavy (non-hydrogen) atoms. The second kappa shape index (κ2) is 8.38. The number of nitro benzene ring substituents is 1. The second-order valence-corrected chi connectivity index (χ2v) is 5.12. The number of anilines is 4. The summed E-state index contributed by atoms with van der Waals surface area (Å²) in [7, 11) is 0. The minimum Gasteiger partial charge on any atom is -0.385 e. The molecule has 0 spiro atoms. The first-order valence-corrected chi connectivity index (χ1v) is 7.50. The molecule has 0 aliphatic carbocycles. The summed E-state index contributed by atoms with van der Waals surface area (Å²) >= 11 is 0. The van der Waals surface area contributed by atoms with Gasteiger partial charge in [0.05, 0.1) is 4.92 Å². The van der Waals surface area contributed by atoms with Crippen LogP contribution < -0.4 is 22.1 Å². The summed E-state index contributed by atoms with van der Waals surface area (Å²) in [6.07, 6.45) is 1.67. The molecule has 1 heterocycles. The van der Waals surface area contributed by atoms with Crippen LogP contribution in [-0.2, 0) is 0 Å². The maximum atomic E-state index is 10.6. The summed E-state index contributed by atoms with van der Waals surface area (Å²) in [5.74, 6) is 0.111.